The normalized spacial score (nSPS) is 14.0. The van der Waals surface area contributed by atoms with E-state index in [4.69, 9.17) is 10.5 Å². The lowest BCUT2D eigenvalue weighted by molar-refractivity contribution is 0.0462. The highest BCUT2D eigenvalue weighted by molar-refractivity contribution is 7.89. The van der Waals surface area contributed by atoms with Gasteiger partial charge in [0.05, 0.1) is 15.8 Å². The molecule has 2 aromatic heterocycles. The van der Waals surface area contributed by atoms with Gasteiger partial charge in [-0.2, -0.15) is 0 Å². The van der Waals surface area contributed by atoms with E-state index < -0.39 is 16.0 Å². The Hall–Kier alpha value is -2.56. The lowest BCUT2D eigenvalue weighted by atomic mass is 9.97. The summed E-state index contributed by atoms with van der Waals surface area (Å²) in [6.45, 7) is 3.30. The maximum atomic E-state index is 12.5. The summed E-state index contributed by atoms with van der Waals surface area (Å²) in [7, 11) is -3.71. The largest absolute Gasteiger partial charge is 0.454 e. The van der Waals surface area contributed by atoms with Crippen molar-refractivity contribution in [2.24, 2.45) is 0 Å². The number of sulfonamides is 1. The molecular weight excluding hydrogens is 436 g/mol. The van der Waals surface area contributed by atoms with Crippen molar-refractivity contribution in [3.63, 3.8) is 0 Å². The number of nitrogen functional groups attached to an aromatic ring is 1. The van der Waals surface area contributed by atoms with E-state index in [0.717, 1.165) is 29.5 Å². The highest BCUT2D eigenvalue weighted by atomic mass is 32.2. The fourth-order valence-electron chi connectivity index (χ4n) is 3.68. The summed E-state index contributed by atoms with van der Waals surface area (Å²) < 4.78 is 32.5. The molecule has 0 bridgehead atoms. The summed E-state index contributed by atoms with van der Waals surface area (Å²) in [6.07, 6.45) is 4.32. The molecule has 1 aliphatic rings. The van der Waals surface area contributed by atoms with Gasteiger partial charge in [-0.15, -0.1) is 11.3 Å². The third-order valence-corrected chi connectivity index (χ3v) is 7.83. The third kappa shape index (κ3) is 4.56. The zero-order valence-electron chi connectivity index (χ0n) is 17.3. The van der Waals surface area contributed by atoms with Gasteiger partial charge in [-0.05, 0) is 63.3 Å². The number of carbonyl (C=O) groups excluding carboxylic acids is 1. The number of aryl methyl sites for hydroxylation is 2. The van der Waals surface area contributed by atoms with Crippen molar-refractivity contribution in [2.75, 3.05) is 5.73 Å². The Morgan fingerprint density at radius 3 is 2.81 bits per heavy atom. The predicted molar refractivity (Wildman–Crippen MR) is 119 cm³/mol. The molecule has 0 amide bonds. The molecule has 0 spiro atoms. The Balaban J connectivity index is 1.51. The molecule has 0 aliphatic heterocycles. The van der Waals surface area contributed by atoms with Crippen LogP contribution >= 0.6 is 11.3 Å². The molecule has 1 aliphatic carbocycles. The number of ether oxygens (including phenoxy) is 1. The van der Waals surface area contributed by atoms with Crippen LogP contribution in [-0.4, -0.2) is 30.4 Å². The molecule has 0 radical (unpaired) electrons. The van der Waals surface area contributed by atoms with Crippen LogP contribution in [0.4, 0.5) is 5.82 Å². The second kappa shape index (κ2) is 8.52. The van der Waals surface area contributed by atoms with Gasteiger partial charge in [0, 0.05) is 10.9 Å². The lowest BCUT2D eigenvalue weighted by Gasteiger charge is -2.11. The number of hydrogen-bond acceptors (Lipinski definition) is 8. The summed E-state index contributed by atoms with van der Waals surface area (Å²) in [5.74, 6) is 0.0693. The summed E-state index contributed by atoms with van der Waals surface area (Å²) in [5, 5.41) is 0.922. The number of nitrogens with one attached hydrogen (secondary N) is 1. The van der Waals surface area contributed by atoms with Gasteiger partial charge in [0.2, 0.25) is 10.0 Å². The first kappa shape index (κ1) is 21.7. The van der Waals surface area contributed by atoms with Crippen LogP contribution in [-0.2, 0) is 34.2 Å². The van der Waals surface area contributed by atoms with Crippen LogP contribution < -0.4 is 10.5 Å². The maximum Gasteiger partial charge on any atom is 0.338 e. The zero-order chi connectivity index (χ0) is 22.2. The highest BCUT2D eigenvalue weighted by Crippen LogP contribution is 2.37. The first-order chi connectivity index (χ1) is 14.7. The van der Waals surface area contributed by atoms with E-state index in [2.05, 4.69) is 14.7 Å². The van der Waals surface area contributed by atoms with Crippen LogP contribution in [0.3, 0.4) is 0 Å². The van der Waals surface area contributed by atoms with Crippen LogP contribution in [0.5, 0.6) is 0 Å². The number of fused-ring (bicyclic) bond motifs is 3. The molecule has 4 rings (SSSR count). The Morgan fingerprint density at radius 2 is 2.03 bits per heavy atom. The van der Waals surface area contributed by atoms with E-state index in [9.17, 15) is 13.2 Å². The molecule has 0 saturated heterocycles. The van der Waals surface area contributed by atoms with Crippen LogP contribution in [0.1, 0.15) is 53.3 Å². The number of aromatic nitrogens is 2. The fraction of sp³-hybridized carbons (Fsp3) is 0.381. The van der Waals surface area contributed by atoms with Crippen molar-refractivity contribution in [1.82, 2.24) is 14.7 Å². The molecule has 2 heterocycles. The number of hydrogen-bond donors (Lipinski definition) is 2. The Labute approximate surface area is 184 Å². The minimum absolute atomic E-state index is 0.00160. The van der Waals surface area contributed by atoms with E-state index in [0.29, 0.717) is 11.6 Å². The first-order valence-electron chi connectivity index (χ1n) is 10.1. The molecule has 0 unspecified atom stereocenters. The molecule has 0 fully saturated rings. The van der Waals surface area contributed by atoms with Gasteiger partial charge in [-0.1, -0.05) is 6.07 Å². The molecular formula is C21H24N4O4S2. The smallest absolute Gasteiger partial charge is 0.338 e. The SMILES string of the molecule is CC(C)NS(=O)(=O)c1cccc(C(=O)OCc2nc(N)c3c4c(sc3n2)CCCC4)c1. The van der Waals surface area contributed by atoms with Crippen molar-refractivity contribution in [1.29, 1.82) is 0 Å². The minimum atomic E-state index is -3.71. The number of nitrogens with zero attached hydrogens (tertiary/aromatic N) is 2. The summed E-state index contributed by atoms with van der Waals surface area (Å²) >= 11 is 1.62. The molecule has 164 valence electrons. The molecule has 3 N–H and O–H groups in total. The average Bonchev–Trinajstić information content (AvgIpc) is 3.10. The fourth-order valence-corrected chi connectivity index (χ4v) is 6.26. The van der Waals surface area contributed by atoms with Crippen molar-refractivity contribution in [3.8, 4) is 0 Å². The Bertz CT molecular complexity index is 1250. The Kier molecular flexibility index (Phi) is 5.96. The summed E-state index contributed by atoms with van der Waals surface area (Å²) in [4.78, 5) is 23.5. The number of benzene rings is 1. The van der Waals surface area contributed by atoms with Gasteiger partial charge in [0.15, 0.2) is 12.4 Å². The second-order valence-electron chi connectivity index (χ2n) is 7.80. The molecule has 3 aromatic rings. The van der Waals surface area contributed by atoms with Gasteiger partial charge in [0.1, 0.15) is 10.6 Å². The number of thiophene rings is 1. The standard InChI is InChI=1S/C21H24N4O4S2/c1-12(2)25-31(27,28)14-7-5-6-13(10-14)21(26)29-11-17-23-19(22)18-15-8-3-4-9-16(15)30-20(18)24-17/h5-7,10,12,25H,3-4,8-9,11H2,1-2H3,(H2,22,23,24). The molecule has 31 heavy (non-hydrogen) atoms. The number of anilines is 1. The second-order valence-corrected chi connectivity index (χ2v) is 10.6. The number of rotatable bonds is 6. The van der Waals surface area contributed by atoms with Crippen molar-refractivity contribution < 1.29 is 17.9 Å². The molecule has 1 aromatic carbocycles. The van der Waals surface area contributed by atoms with E-state index in [1.807, 2.05) is 0 Å². The number of nitrogens with two attached hydrogens (primary N) is 1. The first-order valence-corrected chi connectivity index (χ1v) is 12.4. The average molecular weight is 461 g/mol. The monoisotopic (exact) mass is 460 g/mol. The molecule has 10 heteroatoms. The van der Waals surface area contributed by atoms with E-state index in [1.165, 1.54) is 41.1 Å². The number of carbonyl (C=O) groups is 1. The predicted octanol–water partition coefficient (Wildman–Crippen LogP) is 3.20. The summed E-state index contributed by atoms with van der Waals surface area (Å²) in [6, 6.07) is 5.46. The van der Waals surface area contributed by atoms with Gasteiger partial charge in [-0.25, -0.2) is 27.9 Å². The lowest BCUT2D eigenvalue weighted by Crippen LogP contribution is -2.30. The topological polar surface area (TPSA) is 124 Å². The molecule has 8 nitrogen and oxygen atoms in total. The van der Waals surface area contributed by atoms with Crippen molar-refractivity contribution in [2.45, 2.75) is 57.1 Å². The third-order valence-electron chi connectivity index (χ3n) is 4.99. The molecule has 0 atom stereocenters. The van der Waals surface area contributed by atoms with Crippen LogP contribution in [0.25, 0.3) is 10.2 Å². The summed E-state index contributed by atoms with van der Waals surface area (Å²) in [5.41, 5.74) is 7.57. The minimum Gasteiger partial charge on any atom is -0.454 e. The zero-order valence-corrected chi connectivity index (χ0v) is 19.0. The van der Waals surface area contributed by atoms with Crippen molar-refractivity contribution >= 4 is 43.4 Å². The van der Waals surface area contributed by atoms with Gasteiger partial charge < -0.3 is 10.5 Å². The quantitative estimate of drug-likeness (QED) is 0.541. The van der Waals surface area contributed by atoms with E-state index in [-0.39, 0.29) is 23.1 Å². The van der Waals surface area contributed by atoms with E-state index in [1.54, 1.807) is 25.2 Å². The van der Waals surface area contributed by atoms with Gasteiger partial charge in [0.25, 0.3) is 0 Å². The molecule has 0 saturated carbocycles. The van der Waals surface area contributed by atoms with Crippen LogP contribution in [0, 0.1) is 0 Å². The van der Waals surface area contributed by atoms with Crippen LogP contribution in [0.15, 0.2) is 29.2 Å². The highest BCUT2D eigenvalue weighted by Gasteiger charge is 2.21. The maximum absolute atomic E-state index is 12.5. The Morgan fingerprint density at radius 1 is 1.26 bits per heavy atom. The number of esters is 1. The van der Waals surface area contributed by atoms with Gasteiger partial charge >= 0.3 is 5.97 Å². The van der Waals surface area contributed by atoms with Crippen molar-refractivity contribution in [3.05, 3.63) is 46.1 Å². The van der Waals surface area contributed by atoms with Gasteiger partial charge in [-0.3, -0.25) is 0 Å². The van der Waals surface area contributed by atoms with Crippen LogP contribution in [0.2, 0.25) is 0 Å². The van der Waals surface area contributed by atoms with E-state index >= 15 is 0 Å².